The van der Waals surface area contributed by atoms with Crippen LogP contribution in [0, 0.1) is 5.92 Å². The summed E-state index contributed by atoms with van der Waals surface area (Å²) >= 11 is 0. The fraction of sp³-hybridized carbons (Fsp3) is 1.00. The Morgan fingerprint density at radius 2 is 1.77 bits per heavy atom. The topological polar surface area (TPSA) is 37.4 Å². The maximum absolute atomic E-state index is 11.5. The molecular weight excluding hydrogens is 186 g/mol. The van der Waals surface area contributed by atoms with Crippen molar-refractivity contribution in [3.05, 3.63) is 0 Å². The zero-order chi connectivity index (χ0) is 9.90. The Kier molecular flexibility index (Phi) is 3.74. The van der Waals surface area contributed by atoms with Gasteiger partial charge in [-0.25, -0.2) is 12.7 Å². The maximum atomic E-state index is 11.5. The summed E-state index contributed by atoms with van der Waals surface area (Å²) in [5, 5.41) is 0. The molecule has 0 aromatic rings. The number of sulfonamides is 1. The summed E-state index contributed by atoms with van der Waals surface area (Å²) in [6.07, 6.45) is 3.26. The van der Waals surface area contributed by atoms with Crippen molar-refractivity contribution in [3.8, 4) is 0 Å². The maximum Gasteiger partial charge on any atom is 0.213 e. The van der Waals surface area contributed by atoms with Crippen LogP contribution in [-0.2, 0) is 10.0 Å². The molecule has 1 rings (SSSR count). The lowest BCUT2D eigenvalue weighted by Gasteiger charge is -2.30. The average molecular weight is 205 g/mol. The van der Waals surface area contributed by atoms with Gasteiger partial charge in [-0.1, -0.05) is 13.3 Å². The van der Waals surface area contributed by atoms with Crippen molar-refractivity contribution in [2.24, 2.45) is 5.92 Å². The number of hydrogen-bond donors (Lipinski definition) is 0. The Morgan fingerprint density at radius 1 is 1.23 bits per heavy atom. The highest BCUT2D eigenvalue weighted by Gasteiger charge is 2.25. The molecule has 0 atom stereocenters. The minimum atomic E-state index is -2.92. The molecule has 0 spiro atoms. The van der Waals surface area contributed by atoms with E-state index in [1.807, 2.05) is 0 Å². The standard InChI is InChI=1S/C9H19NO2S/c1-3-9-5-7-10(8-6-9)13(11,12)4-2/h9H,3-8H2,1-2H3. The summed E-state index contributed by atoms with van der Waals surface area (Å²) in [5.74, 6) is 0.979. The molecule has 0 aromatic carbocycles. The molecule has 0 radical (unpaired) electrons. The van der Waals surface area contributed by atoms with Gasteiger partial charge in [0.15, 0.2) is 0 Å². The third-order valence-corrected chi connectivity index (χ3v) is 4.79. The van der Waals surface area contributed by atoms with Crippen molar-refractivity contribution in [2.75, 3.05) is 18.8 Å². The third kappa shape index (κ3) is 2.68. The van der Waals surface area contributed by atoms with Gasteiger partial charge in [-0.3, -0.25) is 0 Å². The van der Waals surface area contributed by atoms with E-state index in [9.17, 15) is 8.42 Å². The van der Waals surface area contributed by atoms with Crippen LogP contribution in [0.4, 0.5) is 0 Å². The largest absolute Gasteiger partial charge is 0.213 e. The van der Waals surface area contributed by atoms with Crippen molar-refractivity contribution < 1.29 is 8.42 Å². The van der Waals surface area contributed by atoms with Crippen LogP contribution >= 0.6 is 0 Å². The summed E-state index contributed by atoms with van der Waals surface area (Å²) < 4.78 is 24.6. The lowest BCUT2D eigenvalue weighted by atomic mass is 9.96. The van der Waals surface area contributed by atoms with Crippen molar-refractivity contribution in [1.82, 2.24) is 4.31 Å². The third-order valence-electron chi connectivity index (χ3n) is 2.91. The molecule has 1 aliphatic heterocycles. The second-order valence-corrected chi connectivity index (χ2v) is 5.91. The van der Waals surface area contributed by atoms with Crippen LogP contribution in [0.5, 0.6) is 0 Å². The fourth-order valence-corrected chi connectivity index (χ4v) is 2.91. The van der Waals surface area contributed by atoms with Crippen LogP contribution in [-0.4, -0.2) is 31.6 Å². The number of piperidine rings is 1. The van der Waals surface area contributed by atoms with E-state index in [0.29, 0.717) is 0 Å². The molecule has 78 valence electrons. The molecule has 1 fully saturated rings. The lowest BCUT2D eigenvalue weighted by Crippen LogP contribution is -2.39. The lowest BCUT2D eigenvalue weighted by molar-refractivity contribution is 0.269. The van der Waals surface area contributed by atoms with Crippen LogP contribution in [0.2, 0.25) is 0 Å². The molecule has 1 saturated heterocycles. The fourth-order valence-electron chi connectivity index (χ4n) is 1.78. The highest BCUT2D eigenvalue weighted by molar-refractivity contribution is 7.89. The van der Waals surface area contributed by atoms with E-state index in [4.69, 9.17) is 0 Å². The molecule has 0 N–H and O–H groups in total. The van der Waals surface area contributed by atoms with Gasteiger partial charge in [0, 0.05) is 13.1 Å². The van der Waals surface area contributed by atoms with Crippen LogP contribution in [0.3, 0.4) is 0 Å². The molecule has 0 saturated carbocycles. The van der Waals surface area contributed by atoms with Crippen LogP contribution in [0.25, 0.3) is 0 Å². The second kappa shape index (κ2) is 4.42. The normalized spacial score (nSPS) is 22.0. The van der Waals surface area contributed by atoms with E-state index < -0.39 is 10.0 Å². The Hall–Kier alpha value is -0.0900. The van der Waals surface area contributed by atoms with Crippen molar-refractivity contribution in [1.29, 1.82) is 0 Å². The first-order valence-corrected chi connectivity index (χ1v) is 6.69. The molecule has 0 unspecified atom stereocenters. The van der Waals surface area contributed by atoms with Crippen molar-refractivity contribution >= 4 is 10.0 Å². The summed E-state index contributed by atoms with van der Waals surface area (Å²) in [4.78, 5) is 0. The molecule has 13 heavy (non-hydrogen) atoms. The van der Waals surface area contributed by atoms with E-state index in [2.05, 4.69) is 6.92 Å². The minimum Gasteiger partial charge on any atom is -0.212 e. The first-order chi connectivity index (χ1) is 6.10. The summed E-state index contributed by atoms with van der Waals surface area (Å²) in [5.41, 5.74) is 0. The van der Waals surface area contributed by atoms with Gasteiger partial charge < -0.3 is 0 Å². The Bertz CT molecular complexity index is 240. The smallest absolute Gasteiger partial charge is 0.212 e. The SMILES string of the molecule is CCC1CCN(S(=O)(=O)CC)CC1. The summed E-state index contributed by atoms with van der Waals surface area (Å²) in [6, 6.07) is 0. The molecule has 1 heterocycles. The van der Waals surface area contributed by atoms with Crippen LogP contribution < -0.4 is 0 Å². The number of nitrogens with zero attached hydrogens (tertiary/aromatic N) is 1. The molecule has 0 aromatic heterocycles. The molecule has 0 aliphatic carbocycles. The summed E-state index contributed by atoms with van der Waals surface area (Å²) in [7, 11) is -2.92. The zero-order valence-electron chi connectivity index (χ0n) is 8.49. The monoisotopic (exact) mass is 205 g/mol. The van der Waals surface area contributed by atoms with Gasteiger partial charge in [0.25, 0.3) is 0 Å². The van der Waals surface area contributed by atoms with E-state index in [0.717, 1.165) is 31.8 Å². The molecule has 4 heteroatoms. The average Bonchev–Trinajstić information content (AvgIpc) is 2.18. The van der Waals surface area contributed by atoms with E-state index >= 15 is 0 Å². The van der Waals surface area contributed by atoms with Gasteiger partial charge in [0.05, 0.1) is 5.75 Å². The van der Waals surface area contributed by atoms with Gasteiger partial charge in [-0.05, 0) is 25.7 Å². The van der Waals surface area contributed by atoms with E-state index in [1.54, 1.807) is 11.2 Å². The highest BCUT2D eigenvalue weighted by atomic mass is 32.2. The van der Waals surface area contributed by atoms with Crippen LogP contribution in [0.15, 0.2) is 0 Å². The first-order valence-electron chi connectivity index (χ1n) is 5.08. The Morgan fingerprint density at radius 3 is 2.15 bits per heavy atom. The minimum absolute atomic E-state index is 0.240. The zero-order valence-corrected chi connectivity index (χ0v) is 9.31. The highest BCUT2D eigenvalue weighted by Crippen LogP contribution is 2.21. The Labute approximate surface area is 81.2 Å². The second-order valence-electron chi connectivity index (χ2n) is 3.65. The molecule has 0 bridgehead atoms. The Balaban J connectivity index is 2.50. The molecular formula is C9H19NO2S. The van der Waals surface area contributed by atoms with Gasteiger partial charge in [0.2, 0.25) is 10.0 Å². The van der Waals surface area contributed by atoms with Gasteiger partial charge >= 0.3 is 0 Å². The van der Waals surface area contributed by atoms with Gasteiger partial charge in [-0.2, -0.15) is 0 Å². The quantitative estimate of drug-likeness (QED) is 0.699. The molecule has 0 amide bonds. The van der Waals surface area contributed by atoms with Gasteiger partial charge in [-0.15, -0.1) is 0 Å². The van der Waals surface area contributed by atoms with Crippen LogP contribution in [0.1, 0.15) is 33.1 Å². The first kappa shape index (κ1) is 11.0. The predicted octanol–water partition coefficient (Wildman–Crippen LogP) is 1.46. The van der Waals surface area contributed by atoms with E-state index in [-0.39, 0.29) is 5.75 Å². The molecule has 1 aliphatic rings. The number of hydrogen-bond acceptors (Lipinski definition) is 2. The number of rotatable bonds is 3. The van der Waals surface area contributed by atoms with E-state index in [1.165, 1.54) is 6.42 Å². The van der Waals surface area contributed by atoms with Gasteiger partial charge in [0.1, 0.15) is 0 Å². The van der Waals surface area contributed by atoms with Crippen molar-refractivity contribution in [3.63, 3.8) is 0 Å². The van der Waals surface area contributed by atoms with Crippen molar-refractivity contribution in [2.45, 2.75) is 33.1 Å². The predicted molar refractivity (Wildman–Crippen MR) is 54.0 cm³/mol. The summed E-state index contributed by atoms with van der Waals surface area (Å²) in [6.45, 7) is 5.35. The molecule has 3 nitrogen and oxygen atoms in total.